The van der Waals surface area contributed by atoms with Crippen LogP contribution in [0.4, 0.5) is 28.4 Å². The van der Waals surface area contributed by atoms with Crippen molar-refractivity contribution in [3.63, 3.8) is 0 Å². The number of rotatable bonds is 3. The number of fused-ring (bicyclic) bond motifs is 25. The minimum Gasteiger partial charge on any atom is -0.353 e. The van der Waals surface area contributed by atoms with E-state index >= 15 is 0 Å². The van der Waals surface area contributed by atoms with Gasteiger partial charge in [-0.3, -0.25) is 0 Å². The van der Waals surface area contributed by atoms with Gasteiger partial charge in [0, 0.05) is 86.1 Å². The van der Waals surface area contributed by atoms with Gasteiger partial charge in [-0.15, -0.1) is 11.3 Å². The first-order valence-electron chi connectivity index (χ1n) is 50.0. The first-order valence-corrected chi connectivity index (χ1v) is 50.8. The summed E-state index contributed by atoms with van der Waals surface area (Å²) >= 11 is 1.91. The molecule has 17 heterocycles. The Bertz CT molecular complexity index is 6900. The van der Waals surface area contributed by atoms with E-state index in [0.717, 1.165) is 46.3 Å². The number of aromatic nitrogens is 9. The number of thiophene rings is 1. The van der Waals surface area contributed by atoms with E-state index in [2.05, 4.69) is 399 Å². The van der Waals surface area contributed by atoms with Gasteiger partial charge in [-0.2, -0.15) is 0 Å². The molecule has 15 aromatic rings. The van der Waals surface area contributed by atoms with Crippen LogP contribution in [-0.2, 0) is 38.5 Å². The minimum absolute atomic E-state index is 0.00175. The van der Waals surface area contributed by atoms with Gasteiger partial charge in [0.15, 0.2) is 0 Å². The van der Waals surface area contributed by atoms with Crippen LogP contribution in [0.5, 0.6) is 0 Å². The summed E-state index contributed by atoms with van der Waals surface area (Å²) < 4.78 is 9.29. The SMILES string of the molecule is Cc1cccc2c1N1C(C)c3c(nc4ccccn34)C1(C)C(C)(C)C2(C)C.Cc1cccc2c1N1C(C)c3c(sc4ncccc34)C1(C)C(C)(C)C2(C)C.Cc1ccccc1N1C(C)c2c(nc3ccccn23)C12C1CC3CC(C1)CC2C3.Cc1ccccc1N1C(C)c2c(nc3ccccn23)C12CCCC2.Cc1ccccc1N1C(C)c2c(nc3ccccn23)C12CCCCC2. The molecule has 10 aromatic heterocycles. The van der Waals surface area contributed by atoms with Crippen LogP contribution in [0.15, 0.2) is 225 Å². The molecule has 6 aliphatic carbocycles. The summed E-state index contributed by atoms with van der Waals surface area (Å²) in [5.41, 5.74) is 33.6. The lowest BCUT2D eigenvalue weighted by molar-refractivity contribution is -0.0617. The predicted octanol–water partition coefficient (Wildman–Crippen LogP) is 28.7. The smallest absolute Gasteiger partial charge is 0.137 e. The Morgan fingerprint density at radius 1 is 0.326 bits per heavy atom. The van der Waals surface area contributed by atoms with Crippen molar-refractivity contribution in [3.05, 3.63) is 320 Å². The monoisotopic (exact) mass is 1770 g/mol. The Kier molecular flexibility index (Phi) is 19.3. The van der Waals surface area contributed by atoms with Crippen LogP contribution in [0.3, 0.4) is 0 Å². The second-order valence-electron chi connectivity index (χ2n) is 44.4. The summed E-state index contributed by atoms with van der Waals surface area (Å²) in [5, 5.41) is 1.34. The molecule has 7 atom stereocenters. The lowest BCUT2D eigenvalue weighted by atomic mass is 9.47. The van der Waals surface area contributed by atoms with Crippen LogP contribution < -0.4 is 24.5 Å². The van der Waals surface area contributed by atoms with E-state index in [1.54, 1.807) is 0 Å². The number of aryl methyl sites for hydroxylation is 5. The number of hydrogen-bond donors (Lipinski definition) is 0. The Labute approximate surface area is 786 Å². The van der Waals surface area contributed by atoms with Crippen LogP contribution in [0.25, 0.3) is 32.8 Å². The molecular formula is C117H134N14S. The fourth-order valence-corrected chi connectivity index (χ4v) is 31.7. The van der Waals surface area contributed by atoms with Crippen molar-refractivity contribution in [2.45, 2.75) is 297 Å². The molecular weight excluding hydrogens is 1630 g/mol. The average Bonchev–Trinajstić information content (AvgIpc) is 1.67. The zero-order valence-corrected chi connectivity index (χ0v) is 82.4. The van der Waals surface area contributed by atoms with E-state index in [-0.39, 0.29) is 55.4 Å². The summed E-state index contributed by atoms with van der Waals surface area (Å²) in [4.78, 5) is 41.8. The maximum Gasteiger partial charge on any atom is 0.137 e. The standard InChI is InChI=1S/C26H29N3.C24H29N3.C24H28N2S.C22H25N3.C21H23N3/c1-16-7-3-4-8-22(16)29-17(2)24-25(27-23-9-5-6-10-28(23)24)26(29)20-12-18-11-19(14-20)15-21(26)13-18;1-15-11-10-12-17-19(15)27-16(2)20-21(25-18-13-8-9-14-26(18)20)24(27,7)23(5,6)22(17,3)4;1-14-10-8-12-17-19(14)26-15(2)18-16-11-9-13-25-21(16)27-20(18)24(26,7)23(5,6)22(17,3)4;1-16-10-4-5-11-18(16)25-17(2)20-21(22(25)13-7-3-8-14-22)23-19-12-6-9-15-24(19)20;1-15-9-3-4-10-17(15)24-16(2)19-20(21(24)12-6-7-13-21)22-18-11-5-8-14-23(18)19/h3-10,17-21H,11-15H2,1-2H3;8-14,16H,1-7H3;8-13,15H,1-7H3;4-6,9-12,15,17H,3,7-8,13-14H2,1-2H3;3-5,8-11,14,16H,6-7,12-13H2,1-2H3. The number of hydrogen-bond acceptors (Lipinski definition) is 11. The maximum atomic E-state index is 5.37. The number of nitrogens with zero attached hydrogens (tertiary/aromatic N) is 14. The van der Waals surface area contributed by atoms with Gasteiger partial charge in [0.1, 0.15) is 27.4 Å². The van der Waals surface area contributed by atoms with Crippen LogP contribution >= 0.6 is 11.3 Å². The molecule has 0 saturated heterocycles. The van der Waals surface area contributed by atoms with Crippen molar-refractivity contribution in [1.29, 1.82) is 0 Å². The summed E-state index contributed by atoms with van der Waals surface area (Å²) in [7, 11) is 0. The summed E-state index contributed by atoms with van der Waals surface area (Å²) in [5.74, 6) is 3.40. The summed E-state index contributed by atoms with van der Waals surface area (Å²) in [6, 6.07) is 71.8. The second kappa shape index (κ2) is 30.0. The minimum atomic E-state index is -0.170. The number of imidazole rings is 4. The van der Waals surface area contributed by atoms with Crippen LogP contribution in [0.1, 0.15) is 319 Å². The van der Waals surface area contributed by atoms with Crippen molar-refractivity contribution >= 4 is 72.6 Å². The van der Waals surface area contributed by atoms with E-state index in [9.17, 15) is 0 Å². The second-order valence-corrected chi connectivity index (χ2v) is 45.4. The van der Waals surface area contributed by atoms with E-state index in [1.807, 2.05) is 17.5 Å². The predicted molar refractivity (Wildman–Crippen MR) is 543 cm³/mol. The third-order valence-corrected chi connectivity index (χ3v) is 39.0. The number of pyridine rings is 5. The Morgan fingerprint density at radius 3 is 1.13 bits per heavy atom. The van der Waals surface area contributed by atoms with E-state index in [0.29, 0.717) is 24.2 Å². The summed E-state index contributed by atoms with van der Waals surface area (Å²) in [6.45, 7) is 47.5. The van der Waals surface area contributed by atoms with Gasteiger partial charge in [-0.25, -0.2) is 24.9 Å². The average molecular weight is 1770 g/mol. The van der Waals surface area contributed by atoms with E-state index < -0.39 is 0 Å². The molecule has 5 aromatic carbocycles. The molecule has 6 saturated carbocycles. The lowest BCUT2D eigenvalue weighted by Gasteiger charge is -2.63. The molecule has 7 aliphatic heterocycles. The van der Waals surface area contributed by atoms with Gasteiger partial charge in [-0.1, -0.05) is 209 Å². The molecule has 0 amide bonds. The molecule has 678 valence electrons. The fourth-order valence-electron chi connectivity index (χ4n) is 30.1. The normalized spacial score (nSPS) is 27.4. The number of para-hydroxylation sites is 5. The molecule has 14 nitrogen and oxygen atoms in total. The highest BCUT2D eigenvalue weighted by atomic mass is 32.1. The first-order chi connectivity index (χ1) is 63.4. The highest BCUT2D eigenvalue weighted by Gasteiger charge is 2.70. The van der Waals surface area contributed by atoms with Crippen LogP contribution in [0, 0.1) is 69.1 Å². The Morgan fingerprint density at radius 2 is 0.682 bits per heavy atom. The Hall–Kier alpha value is -11.0. The van der Waals surface area contributed by atoms with Gasteiger partial charge in [-0.05, 0) is 287 Å². The van der Waals surface area contributed by atoms with Gasteiger partial charge in [0.05, 0.1) is 103 Å². The first kappa shape index (κ1) is 85.2. The highest BCUT2D eigenvalue weighted by molar-refractivity contribution is 7.19. The molecule has 0 N–H and O–H groups in total. The number of anilines is 5. The highest BCUT2D eigenvalue weighted by Crippen LogP contribution is 2.73. The van der Waals surface area contributed by atoms with Crippen LogP contribution in [0.2, 0.25) is 0 Å². The topological polar surface area (TPSA) is 98.3 Å². The van der Waals surface area contributed by atoms with Crippen molar-refractivity contribution in [2.24, 2.45) is 34.5 Å². The van der Waals surface area contributed by atoms with Gasteiger partial charge in [0.2, 0.25) is 0 Å². The third kappa shape index (κ3) is 11.2. The van der Waals surface area contributed by atoms with Crippen LogP contribution in [-0.4, -0.2) is 42.5 Å². The van der Waals surface area contributed by atoms with Crippen molar-refractivity contribution in [1.82, 2.24) is 42.5 Å². The fraction of sp³-hybridized carbons (Fsp3) is 0.444. The van der Waals surface area contributed by atoms with E-state index in [4.69, 9.17) is 24.9 Å². The van der Waals surface area contributed by atoms with Gasteiger partial charge >= 0.3 is 0 Å². The molecule has 6 fully saturated rings. The molecule has 4 bridgehead atoms. The molecule has 3 spiro atoms. The molecule has 13 aliphatic rings. The molecule has 7 unspecified atom stereocenters. The molecule has 15 heteroatoms. The lowest BCUT2D eigenvalue weighted by Crippen LogP contribution is -2.62. The zero-order valence-electron chi connectivity index (χ0n) is 81.6. The van der Waals surface area contributed by atoms with Gasteiger partial charge < -0.3 is 42.1 Å². The van der Waals surface area contributed by atoms with Crippen molar-refractivity contribution in [3.8, 4) is 0 Å². The number of benzene rings is 5. The van der Waals surface area contributed by atoms with Crippen molar-refractivity contribution < 1.29 is 0 Å². The Balaban J connectivity index is 0.0000000937. The largest absolute Gasteiger partial charge is 0.353 e. The maximum absolute atomic E-state index is 5.37. The van der Waals surface area contributed by atoms with Gasteiger partial charge in [0.25, 0.3) is 0 Å². The summed E-state index contributed by atoms with van der Waals surface area (Å²) in [6.07, 6.45) is 29.1. The third-order valence-electron chi connectivity index (χ3n) is 37.6. The van der Waals surface area contributed by atoms with Crippen molar-refractivity contribution in [2.75, 3.05) is 24.5 Å². The molecule has 132 heavy (non-hydrogen) atoms. The molecule has 0 radical (unpaired) electrons. The quantitative estimate of drug-likeness (QED) is 0.170. The zero-order chi connectivity index (χ0) is 91.4. The van der Waals surface area contributed by atoms with E-state index in [1.165, 1.54) is 223 Å². The molecule has 28 rings (SSSR count).